The van der Waals surface area contributed by atoms with Crippen LogP contribution in [-0.2, 0) is 17.8 Å². The quantitative estimate of drug-likeness (QED) is 0.601. The molecule has 1 aliphatic rings. The molecule has 2 rings (SSSR count). The minimum atomic E-state index is -0.854. The number of hydrogen-bond acceptors (Lipinski definition) is 4. The van der Waals surface area contributed by atoms with Crippen LogP contribution in [0.25, 0.3) is 0 Å². The van der Waals surface area contributed by atoms with Crippen molar-refractivity contribution in [1.29, 1.82) is 0 Å². The summed E-state index contributed by atoms with van der Waals surface area (Å²) >= 11 is 0. The van der Waals surface area contributed by atoms with Crippen LogP contribution in [-0.4, -0.2) is 63.2 Å². The summed E-state index contributed by atoms with van der Waals surface area (Å²) in [5, 5.41) is 11.0. The lowest BCUT2D eigenvalue weighted by molar-refractivity contribution is 0.468. The van der Waals surface area contributed by atoms with Crippen molar-refractivity contribution in [2.24, 2.45) is 12.0 Å². The molecule has 0 aliphatic carbocycles. The maximum atomic E-state index is 12.1. The Labute approximate surface area is 153 Å². The lowest BCUT2D eigenvalue weighted by Crippen LogP contribution is -2.51. The van der Waals surface area contributed by atoms with E-state index >= 15 is 0 Å². The first-order valence-corrected chi connectivity index (χ1v) is 10.2. The van der Waals surface area contributed by atoms with Gasteiger partial charge < -0.3 is 15.5 Å². The number of hydrogen-bond donors (Lipinski definition) is 2. The molecule has 7 nitrogen and oxygen atoms in total. The summed E-state index contributed by atoms with van der Waals surface area (Å²) in [6.07, 6.45) is 6.22. The summed E-state index contributed by atoms with van der Waals surface area (Å²) in [4.78, 5) is 6.66. The van der Waals surface area contributed by atoms with Crippen molar-refractivity contribution < 1.29 is 4.21 Å². The largest absolute Gasteiger partial charge is 0.367 e. The molecule has 1 saturated heterocycles. The van der Waals surface area contributed by atoms with Gasteiger partial charge in [0, 0.05) is 67.3 Å². The van der Waals surface area contributed by atoms with Crippen molar-refractivity contribution in [1.82, 2.24) is 20.4 Å². The van der Waals surface area contributed by atoms with Gasteiger partial charge in [-0.1, -0.05) is 0 Å². The van der Waals surface area contributed by atoms with Crippen molar-refractivity contribution >= 4 is 22.4 Å². The Morgan fingerprint density at radius 1 is 1.48 bits per heavy atom. The topological polar surface area (TPSA) is 74.6 Å². The summed E-state index contributed by atoms with van der Waals surface area (Å²) in [5.74, 6) is 1.40. The number of nitrogens with zero attached hydrogens (tertiary/aromatic N) is 4. The molecule has 0 saturated carbocycles. The summed E-state index contributed by atoms with van der Waals surface area (Å²) in [7, 11) is 2.86. The second kappa shape index (κ2) is 8.69. The van der Waals surface area contributed by atoms with Gasteiger partial charge >= 0.3 is 0 Å². The maximum absolute atomic E-state index is 12.1. The number of guanidine groups is 1. The molecule has 1 fully saturated rings. The molecule has 2 N–H and O–H groups in total. The molecule has 25 heavy (non-hydrogen) atoms. The van der Waals surface area contributed by atoms with E-state index in [0.29, 0.717) is 18.3 Å². The summed E-state index contributed by atoms with van der Waals surface area (Å²) in [6, 6.07) is 0.341. The number of anilines is 1. The Morgan fingerprint density at radius 3 is 2.84 bits per heavy atom. The van der Waals surface area contributed by atoms with E-state index in [0.717, 1.165) is 37.6 Å². The molecular weight excluding hydrogens is 336 g/mol. The van der Waals surface area contributed by atoms with Gasteiger partial charge in [-0.3, -0.25) is 13.9 Å². The average Bonchev–Trinajstić information content (AvgIpc) is 2.99. The fourth-order valence-electron chi connectivity index (χ4n) is 2.86. The Balaban J connectivity index is 1.81. The SMILES string of the molecule is CN=C(NCCS(=O)C(C)(C)C)NC1CCCN(c2cnn(C)c2)C1. The fourth-order valence-corrected chi connectivity index (χ4v) is 3.76. The van der Waals surface area contributed by atoms with E-state index < -0.39 is 10.8 Å². The first-order chi connectivity index (χ1) is 11.8. The Hall–Kier alpha value is -1.57. The highest BCUT2D eigenvalue weighted by Crippen LogP contribution is 2.18. The lowest BCUT2D eigenvalue weighted by atomic mass is 10.1. The molecule has 8 heteroatoms. The zero-order valence-electron chi connectivity index (χ0n) is 16.1. The Kier molecular flexibility index (Phi) is 6.87. The number of nitrogens with one attached hydrogen (secondary N) is 2. The zero-order chi connectivity index (χ0) is 18.4. The monoisotopic (exact) mass is 368 g/mol. The van der Waals surface area contributed by atoms with Crippen LogP contribution in [0.3, 0.4) is 0 Å². The number of aryl methyl sites for hydroxylation is 1. The number of piperidine rings is 1. The zero-order valence-corrected chi connectivity index (χ0v) is 16.9. The number of aliphatic imine (C=N–C) groups is 1. The molecule has 1 aliphatic heterocycles. The molecule has 0 aromatic carbocycles. The second-order valence-electron chi connectivity index (χ2n) is 7.46. The van der Waals surface area contributed by atoms with Gasteiger partial charge in [-0.05, 0) is 33.6 Å². The summed E-state index contributed by atoms with van der Waals surface area (Å²) in [6.45, 7) is 8.66. The number of rotatable bonds is 5. The van der Waals surface area contributed by atoms with Crippen LogP contribution >= 0.6 is 0 Å². The predicted molar refractivity (Wildman–Crippen MR) is 106 cm³/mol. The summed E-state index contributed by atoms with van der Waals surface area (Å²) in [5.41, 5.74) is 1.16. The van der Waals surface area contributed by atoms with Crippen LogP contribution in [0, 0.1) is 0 Å². The van der Waals surface area contributed by atoms with E-state index in [2.05, 4.69) is 31.8 Å². The van der Waals surface area contributed by atoms with Crippen LogP contribution < -0.4 is 15.5 Å². The van der Waals surface area contributed by atoms with Crippen LogP contribution in [0.5, 0.6) is 0 Å². The van der Waals surface area contributed by atoms with E-state index in [4.69, 9.17) is 0 Å². The van der Waals surface area contributed by atoms with E-state index in [9.17, 15) is 4.21 Å². The lowest BCUT2D eigenvalue weighted by Gasteiger charge is -2.34. The molecule has 0 radical (unpaired) electrons. The molecule has 0 amide bonds. The first-order valence-electron chi connectivity index (χ1n) is 8.89. The van der Waals surface area contributed by atoms with E-state index in [-0.39, 0.29) is 4.75 Å². The maximum Gasteiger partial charge on any atom is 0.191 e. The van der Waals surface area contributed by atoms with E-state index in [1.807, 2.05) is 38.7 Å². The molecule has 0 spiro atoms. The normalized spacial score (nSPS) is 20.4. The molecular formula is C17H32N6OS. The highest BCUT2D eigenvalue weighted by molar-refractivity contribution is 7.86. The first kappa shape index (κ1) is 19.8. The van der Waals surface area contributed by atoms with Crippen molar-refractivity contribution in [2.75, 3.05) is 37.3 Å². The van der Waals surface area contributed by atoms with Crippen LogP contribution in [0.1, 0.15) is 33.6 Å². The molecule has 2 heterocycles. The Morgan fingerprint density at radius 2 is 2.24 bits per heavy atom. The van der Waals surface area contributed by atoms with Crippen LogP contribution in [0.4, 0.5) is 5.69 Å². The highest BCUT2D eigenvalue weighted by Gasteiger charge is 2.22. The van der Waals surface area contributed by atoms with Gasteiger partial charge in [0.1, 0.15) is 0 Å². The van der Waals surface area contributed by atoms with Crippen molar-refractivity contribution in [3.05, 3.63) is 12.4 Å². The van der Waals surface area contributed by atoms with Crippen molar-refractivity contribution in [3.8, 4) is 0 Å². The van der Waals surface area contributed by atoms with Crippen molar-refractivity contribution in [3.63, 3.8) is 0 Å². The fraction of sp³-hybridized carbons (Fsp3) is 0.765. The second-order valence-corrected chi connectivity index (χ2v) is 9.79. The van der Waals surface area contributed by atoms with Gasteiger partial charge in [-0.15, -0.1) is 0 Å². The molecule has 0 bridgehead atoms. The van der Waals surface area contributed by atoms with Gasteiger partial charge in [0.2, 0.25) is 0 Å². The van der Waals surface area contributed by atoms with Crippen LogP contribution in [0.15, 0.2) is 17.4 Å². The molecule has 1 aromatic rings. The highest BCUT2D eigenvalue weighted by atomic mass is 32.2. The van der Waals surface area contributed by atoms with Crippen molar-refractivity contribution in [2.45, 2.75) is 44.4 Å². The standard InChI is InChI=1S/C17H32N6OS/c1-17(2,3)25(24)10-8-19-16(18-4)21-14-7-6-9-23(12-14)15-11-20-22(5)13-15/h11,13-14H,6-10,12H2,1-5H3,(H2,18,19,21). The third-order valence-electron chi connectivity index (χ3n) is 4.31. The van der Waals surface area contributed by atoms with Gasteiger partial charge in [0.25, 0.3) is 0 Å². The smallest absolute Gasteiger partial charge is 0.191 e. The summed E-state index contributed by atoms with van der Waals surface area (Å²) < 4.78 is 13.8. The third-order valence-corrected chi connectivity index (χ3v) is 6.25. The number of aromatic nitrogens is 2. The van der Waals surface area contributed by atoms with Crippen LogP contribution in [0.2, 0.25) is 0 Å². The van der Waals surface area contributed by atoms with Gasteiger partial charge in [-0.25, -0.2) is 0 Å². The third kappa shape index (κ3) is 6.02. The van der Waals surface area contributed by atoms with E-state index in [1.54, 1.807) is 7.05 Å². The minimum Gasteiger partial charge on any atom is -0.367 e. The Bertz CT molecular complexity index is 607. The average molecular weight is 369 g/mol. The van der Waals surface area contributed by atoms with Gasteiger partial charge in [-0.2, -0.15) is 5.10 Å². The van der Waals surface area contributed by atoms with Gasteiger partial charge in [0.05, 0.1) is 11.9 Å². The minimum absolute atomic E-state index is 0.174. The molecule has 142 valence electrons. The molecule has 1 aromatic heterocycles. The predicted octanol–water partition coefficient (Wildman–Crippen LogP) is 1.10. The molecule has 2 unspecified atom stereocenters. The molecule has 2 atom stereocenters. The van der Waals surface area contributed by atoms with E-state index in [1.165, 1.54) is 0 Å². The van der Waals surface area contributed by atoms with Gasteiger partial charge in [0.15, 0.2) is 5.96 Å².